The Morgan fingerprint density at radius 1 is 0.519 bits per heavy atom. The minimum absolute atomic E-state index is 0.184. The first kappa shape index (κ1) is 26.7. The molecule has 0 aromatic rings. The van der Waals surface area contributed by atoms with Gasteiger partial charge < -0.3 is 0 Å². The molecule has 27 heavy (non-hydrogen) atoms. The molecule has 0 aliphatic carbocycles. The van der Waals surface area contributed by atoms with E-state index in [0.717, 1.165) is 0 Å². The van der Waals surface area contributed by atoms with Gasteiger partial charge in [0.1, 0.15) is 0 Å². The van der Waals surface area contributed by atoms with Gasteiger partial charge in [0.05, 0.1) is 0 Å². The summed E-state index contributed by atoms with van der Waals surface area (Å²) in [6.07, 6.45) is -13.8. The van der Waals surface area contributed by atoms with Crippen LogP contribution in [-0.2, 0) is 6.15 Å². The molecule has 0 bridgehead atoms. The fraction of sp³-hybridized carbons (Fsp3) is 1.00. The zero-order valence-electron chi connectivity index (χ0n) is 13.0. The molecule has 0 saturated carbocycles. The van der Waals surface area contributed by atoms with Crippen LogP contribution in [0.2, 0.25) is 8.87 Å². The summed E-state index contributed by atoms with van der Waals surface area (Å²) in [6.45, 7) is 0. The predicted molar refractivity (Wildman–Crippen MR) is 61.3 cm³/mol. The average Bonchev–Trinajstić information content (AvgIpc) is 2.43. The summed E-state index contributed by atoms with van der Waals surface area (Å²) < 4.78 is 180. The number of halogens is 14. The van der Waals surface area contributed by atoms with Crippen molar-refractivity contribution in [1.29, 1.82) is 0 Å². The zero-order valence-corrected chi connectivity index (χ0v) is 15.9. The third-order valence-corrected chi connectivity index (χ3v) is 13.2. The molecule has 0 fully saturated rings. The summed E-state index contributed by atoms with van der Waals surface area (Å²) in [4.78, 5) is 0. The second kappa shape index (κ2) is 7.53. The SMILES string of the molecule is C[O][Sn]([CH2]C(F)(F)C(F)(F)C(F)(F)F)([CH2]C(F)(F)C(F)(F)C(F)(F)F)[O]C. The van der Waals surface area contributed by atoms with E-state index in [4.69, 9.17) is 0 Å². The van der Waals surface area contributed by atoms with E-state index in [1.807, 2.05) is 0 Å². The van der Waals surface area contributed by atoms with Crippen molar-refractivity contribution in [3.05, 3.63) is 0 Å². The molecule has 0 spiro atoms. The molecule has 0 aliphatic heterocycles. The van der Waals surface area contributed by atoms with E-state index < -0.39 is 64.1 Å². The monoisotopic (exact) mass is 548 g/mol. The van der Waals surface area contributed by atoms with Gasteiger partial charge in [0.25, 0.3) is 0 Å². The Labute approximate surface area is 146 Å². The Morgan fingerprint density at radius 2 is 0.741 bits per heavy atom. The molecule has 0 N–H and O–H groups in total. The topological polar surface area (TPSA) is 18.5 Å². The second-order valence-electron chi connectivity index (χ2n) is 5.23. The fourth-order valence-electron chi connectivity index (χ4n) is 1.75. The molecule has 0 aromatic heterocycles. The normalized spacial score (nSPS) is 16.0. The van der Waals surface area contributed by atoms with Gasteiger partial charge in [-0.25, -0.2) is 0 Å². The van der Waals surface area contributed by atoms with Crippen molar-refractivity contribution in [2.75, 3.05) is 14.2 Å². The standard InChI is InChI=1S/2C4H2F7.2CH3O.Sn/c2*1-2(5,6)3(7,8)4(9,10)11;2*1-2;/h2*1H2;2*1H3;/q;;2*-1;+2. The van der Waals surface area contributed by atoms with Crippen LogP contribution in [0, 0.1) is 0 Å². The number of hydrogen-bond donors (Lipinski definition) is 0. The van der Waals surface area contributed by atoms with Crippen molar-refractivity contribution in [2.24, 2.45) is 0 Å². The van der Waals surface area contributed by atoms with Gasteiger partial charge in [-0.3, -0.25) is 0 Å². The van der Waals surface area contributed by atoms with Crippen LogP contribution in [0.15, 0.2) is 0 Å². The van der Waals surface area contributed by atoms with Gasteiger partial charge in [0, 0.05) is 0 Å². The van der Waals surface area contributed by atoms with Crippen LogP contribution < -0.4 is 0 Å². The molecule has 0 heterocycles. The van der Waals surface area contributed by atoms with Crippen molar-refractivity contribution < 1.29 is 67.6 Å². The van der Waals surface area contributed by atoms with Crippen molar-refractivity contribution in [3.63, 3.8) is 0 Å². The number of rotatable bonds is 8. The maximum atomic E-state index is 13.4. The molecule has 17 heteroatoms. The Hall–Kier alpha value is -0.261. The maximum absolute atomic E-state index is 13.4. The Balaban J connectivity index is 6.04. The summed E-state index contributed by atoms with van der Waals surface area (Å²) >= 11 is -6.77. The van der Waals surface area contributed by atoms with Gasteiger partial charge in [-0.05, 0) is 0 Å². The summed E-state index contributed by atoms with van der Waals surface area (Å²) in [5.74, 6) is -26.0. The molecule has 0 saturated heterocycles. The second-order valence-corrected chi connectivity index (χ2v) is 14.8. The van der Waals surface area contributed by atoms with Crippen LogP contribution in [0.3, 0.4) is 0 Å². The molecular weight excluding hydrogens is 537 g/mol. The van der Waals surface area contributed by atoms with Crippen molar-refractivity contribution in [1.82, 2.24) is 0 Å². The predicted octanol–water partition coefficient (Wildman–Crippen LogP) is 5.39. The molecule has 0 aromatic carbocycles. The third-order valence-electron chi connectivity index (χ3n) is 3.36. The van der Waals surface area contributed by atoms with E-state index in [9.17, 15) is 61.5 Å². The fourth-order valence-corrected chi connectivity index (χ4v) is 9.36. The Bertz CT molecular complexity index is 465. The van der Waals surface area contributed by atoms with Gasteiger partial charge in [-0.1, -0.05) is 0 Å². The zero-order chi connectivity index (χ0) is 22.3. The van der Waals surface area contributed by atoms with Crippen molar-refractivity contribution >= 4 is 19.2 Å². The van der Waals surface area contributed by atoms with E-state index in [0.29, 0.717) is 0 Å². The van der Waals surface area contributed by atoms with Crippen LogP contribution in [0.1, 0.15) is 0 Å². The van der Waals surface area contributed by atoms with Crippen LogP contribution in [-0.4, -0.2) is 69.5 Å². The van der Waals surface area contributed by atoms with Gasteiger partial charge in [0.15, 0.2) is 0 Å². The third kappa shape index (κ3) is 5.02. The quantitative estimate of drug-likeness (QED) is 0.300. The van der Waals surface area contributed by atoms with E-state index in [1.54, 1.807) is 0 Å². The minimum atomic E-state index is -6.88. The summed E-state index contributed by atoms with van der Waals surface area (Å²) in [7, 11) is 0.367. The molecule has 0 amide bonds. The average molecular weight is 547 g/mol. The Morgan fingerprint density at radius 3 is 0.889 bits per heavy atom. The van der Waals surface area contributed by atoms with E-state index in [1.165, 1.54) is 0 Å². The molecule has 0 atom stereocenters. The summed E-state index contributed by atoms with van der Waals surface area (Å²) in [6, 6.07) is 0. The molecule has 0 unspecified atom stereocenters. The van der Waals surface area contributed by atoms with Gasteiger partial charge in [-0.2, -0.15) is 0 Å². The molecular formula is C10H10F14O2Sn. The first-order valence-corrected chi connectivity index (χ1v) is 12.7. The number of hydrogen-bond acceptors (Lipinski definition) is 2. The van der Waals surface area contributed by atoms with Crippen LogP contribution in [0.25, 0.3) is 0 Å². The van der Waals surface area contributed by atoms with Gasteiger partial charge in [0.2, 0.25) is 0 Å². The van der Waals surface area contributed by atoms with Gasteiger partial charge >= 0.3 is 146 Å². The molecule has 2 nitrogen and oxygen atoms in total. The Kier molecular flexibility index (Phi) is 7.46. The molecule has 164 valence electrons. The van der Waals surface area contributed by atoms with Crippen LogP contribution in [0.4, 0.5) is 61.5 Å². The molecule has 0 radical (unpaired) electrons. The summed E-state index contributed by atoms with van der Waals surface area (Å²) in [5, 5.41) is 0. The van der Waals surface area contributed by atoms with E-state index >= 15 is 0 Å². The molecule has 0 aliphatic rings. The van der Waals surface area contributed by atoms with Gasteiger partial charge in [-0.15, -0.1) is 0 Å². The molecule has 0 rings (SSSR count). The van der Waals surface area contributed by atoms with E-state index in [-0.39, 0.29) is 14.2 Å². The first-order valence-electron chi connectivity index (χ1n) is 6.28. The first-order chi connectivity index (χ1) is 11.5. The van der Waals surface area contributed by atoms with Crippen LogP contribution >= 0.6 is 0 Å². The summed E-state index contributed by atoms with van der Waals surface area (Å²) in [5.41, 5.74) is 0. The number of alkyl halides is 14. The van der Waals surface area contributed by atoms with E-state index in [2.05, 4.69) is 6.15 Å². The van der Waals surface area contributed by atoms with Crippen LogP contribution in [0.5, 0.6) is 0 Å². The van der Waals surface area contributed by atoms with Crippen molar-refractivity contribution in [2.45, 2.75) is 44.9 Å². The van der Waals surface area contributed by atoms with Crippen molar-refractivity contribution in [3.8, 4) is 0 Å².